The van der Waals surface area contributed by atoms with Crippen LogP contribution >= 0.6 is 0 Å². The van der Waals surface area contributed by atoms with Gasteiger partial charge in [-0.2, -0.15) is 13.2 Å². The van der Waals surface area contributed by atoms with Crippen molar-refractivity contribution in [2.75, 3.05) is 50.0 Å². The fraction of sp³-hybridized carbons (Fsp3) is 0.414. The fourth-order valence-electron chi connectivity index (χ4n) is 4.27. The van der Waals surface area contributed by atoms with Gasteiger partial charge in [-0.25, -0.2) is 0 Å². The van der Waals surface area contributed by atoms with Crippen LogP contribution < -0.4 is 15.5 Å². The summed E-state index contributed by atoms with van der Waals surface area (Å²) >= 11 is 0. The number of nitrogens with one attached hydrogen (secondary N) is 2. The maximum Gasteiger partial charge on any atom is 0.416 e. The zero-order chi connectivity index (χ0) is 29.2. The van der Waals surface area contributed by atoms with Crippen LogP contribution in [-0.2, 0) is 6.18 Å². The molecular formula is C29H34F3N5O3. The molecule has 2 N–H and O–H groups in total. The average Bonchev–Trinajstić information content (AvgIpc) is 3.38. The lowest BCUT2D eigenvalue weighted by Gasteiger charge is -2.34. The molecule has 0 radical (unpaired) electrons. The molecule has 11 heteroatoms. The molecule has 40 heavy (non-hydrogen) atoms. The minimum Gasteiger partial charge on any atom is -0.369 e. The lowest BCUT2D eigenvalue weighted by Crippen LogP contribution is -2.44. The number of nitrogens with zero attached hydrogens (tertiary/aromatic N) is 3. The lowest BCUT2D eigenvalue weighted by atomic mass is 9.97. The van der Waals surface area contributed by atoms with E-state index in [0.29, 0.717) is 55.4 Å². The Bertz CT molecular complexity index is 1390. The summed E-state index contributed by atoms with van der Waals surface area (Å²) in [6.45, 7) is 10.8. The van der Waals surface area contributed by atoms with E-state index in [0.717, 1.165) is 17.7 Å². The van der Waals surface area contributed by atoms with Crippen LogP contribution in [0.3, 0.4) is 0 Å². The molecule has 0 atom stereocenters. The number of rotatable bonds is 6. The molecule has 8 nitrogen and oxygen atoms in total. The van der Waals surface area contributed by atoms with Crippen molar-refractivity contribution in [3.63, 3.8) is 0 Å². The molecule has 1 aliphatic rings. The zero-order valence-corrected chi connectivity index (χ0v) is 23.3. The molecule has 0 bridgehead atoms. The normalized spacial score (nSPS) is 14.8. The largest absolute Gasteiger partial charge is 0.416 e. The highest BCUT2D eigenvalue weighted by Gasteiger charge is 2.33. The van der Waals surface area contributed by atoms with E-state index in [9.17, 15) is 22.8 Å². The third-order valence-corrected chi connectivity index (χ3v) is 6.66. The number of alkyl halides is 3. The van der Waals surface area contributed by atoms with Crippen molar-refractivity contribution in [1.82, 2.24) is 15.4 Å². The molecule has 214 valence electrons. The molecule has 0 spiro atoms. The number of halogens is 3. The summed E-state index contributed by atoms with van der Waals surface area (Å²) in [4.78, 5) is 29.6. The molecule has 0 unspecified atom stereocenters. The summed E-state index contributed by atoms with van der Waals surface area (Å²) in [7, 11) is 1.96. The van der Waals surface area contributed by atoms with E-state index in [4.69, 9.17) is 4.52 Å². The Morgan fingerprint density at radius 3 is 2.33 bits per heavy atom. The van der Waals surface area contributed by atoms with Crippen molar-refractivity contribution in [1.29, 1.82) is 0 Å². The molecule has 4 rings (SSSR count). The van der Waals surface area contributed by atoms with E-state index >= 15 is 0 Å². The zero-order valence-electron chi connectivity index (χ0n) is 23.3. The van der Waals surface area contributed by atoms with E-state index in [-0.39, 0.29) is 16.7 Å². The first-order valence-corrected chi connectivity index (χ1v) is 13.0. The second kappa shape index (κ2) is 11.3. The fourth-order valence-corrected chi connectivity index (χ4v) is 4.27. The average molecular weight is 558 g/mol. The number of aromatic nitrogens is 1. The smallest absolute Gasteiger partial charge is 0.369 e. The highest BCUT2D eigenvalue weighted by molar-refractivity contribution is 6.05. The van der Waals surface area contributed by atoms with Crippen LogP contribution in [0.5, 0.6) is 0 Å². The van der Waals surface area contributed by atoms with Crippen LogP contribution in [0.4, 0.5) is 24.5 Å². The van der Waals surface area contributed by atoms with Gasteiger partial charge in [0.2, 0.25) is 5.76 Å². The minimum atomic E-state index is -4.60. The van der Waals surface area contributed by atoms with Gasteiger partial charge in [0.05, 0.1) is 5.56 Å². The van der Waals surface area contributed by atoms with Crippen molar-refractivity contribution in [3.05, 3.63) is 64.9 Å². The summed E-state index contributed by atoms with van der Waals surface area (Å²) in [6, 6.07) is 10.0. The number of likely N-dealkylation sites (N-methyl/N-ethyl adjacent to an activating group) is 1. The topological polar surface area (TPSA) is 90.7 Å². The Labute approximate surface area is 231 Å². The van der Waals surface area contributed by atoms with Gasteiger partial charge in [-0.05, 0) is 55.3 Å². The quantitative estimate of drug-likeness (QED) is 0.419. The predicted octanol–water partition coefficient (Wildman–Crippen LogP) is 5.45. The van der Waals surface area contributed by atoms with Gasteiger partial charge in [-0.3, -0.25) is 9.59 Å². The SMILES string of the molecule is Cc1ccc(NC(=O)c2cc(N3CCN(C)CC3)cc(C(F)(F)F)c2)cc1-c1cc(C(=O)NCC(C)(C)C)on1. The number of anilines is 2. The maximum absolute atomic E-state index is 13.7. The van der Waals surface area contributed by atoms with Crippen molar-refractivity contribution in [2.45, 2.75) is 33.9 Å². The Kier molecular flexibility index (Phi) is 8.25. The summed E-state index contributed by atoms with van der Waals surface area (Å²) in [5.74, 6) is -1.01. The minimum absolute atomic E-state index is 0.0495. The van der Waals surface area contributed by atoms with Crippen LogP contribution in [0.15, 0.2) is 47.0 Å². The van der Waals surface area contributed by atoms with E-state index in [1.807, 2.05) is 39.6 Å². The monoisotopic (exact) mass is 557 g/mol. The van der Waals surface area contributed by atoms with Crippen molar-refractivity contribution < 1.29 is 27.3 Å². The number of hydrogen-bond donors (Lipinski definition) is 2. The Morgan fingerprint density at radius 1 is 0.975 bits per heavy atom. The molecule has 0 aliphatic carbocycles. The number of benzene rings is 2. The van der Waals surface area contributed by atoms with E-state index in [2.05, 4.69) is 20.7 Å². The lowest BCUT2D eigenvalue weighted by molar-refractivity contribution is -0.137. The van der Waals surface area contributed by atoms with Gasteiger partial charge in [0.1, 0.15) is 5.69 Å². The molecule has 1 saturated heterocycles. The molecule has 2 aromatic carbocycles. The highest BCUT2D eigenvalue weighted by Crippen LogP contribution is 2.34. The van der Waals surface area contributed by atoms with Gasteiger partial charge in [0.25, 0.3) is 11.8 Å². The van der Waals surface area contributed by atoms with Gasteiger partial charge in [0, 0.05) is 61.3 Å². The predicted molar refractivity (Wildman–Crippen MR) is 148 cm³/mol. The molecule has 1 aromatic heterocycles. The van der Waals surface area contributed by atoms with Crippen molar-refractivity contribution >= 4 is 23.2 Å². The third-order valence-electron chi connectivity index (χ3n) is 6.66. The maximum atomic E-state index is 13.7. The Hall–Kier alpha value is -3.86. The summed E-state index contributed by atoms with van der Waals surface area (Å²) in [6.07, 6.45) is -4.60. The van der Waals surface area contributed by atoms with Crippen LogP contribution in [-0.4, -0.2) is 61.6 Å². The Morgan fingerprint density at radius 2 is 1.68 bits per heavy atom. The summed E-state index contributed by atoms with van der Waals surface area (Å²) in [5, 5.41) is 9.53. The van der Waals surface area contributed by atoms with E-state index < -0.39 is 23.6 Å². The first-order valence-electron chi connectivity index (χ1n) is 13.0. The number of aryl methyl sites for hydroxylation is 1. The van der Waals surface area contributed by atoms with Crippen LogP contribution in [0.25, 0.3) is 11.3 Å². The summed E-state index contributed by atoms with van der Waals surface area (Å²) < 4.78 is 46.4. The first-order chi connectivity index (χ1) is 18.7. The van der Waals surface area contributed by atoms with Gasteiger partial charge in [-0.15, -0.1) is 0 Å². The second-order valence-electron chi connectivity index (χ2n) is 11.4. The van der Waals surface area contributed by atoms with Crippen LogP contribution in [0.2, 0.25) is 0 Å². The summed E-state index contributed by atoms with van der Waals surface area (Å²) in [5.41, 5.74) is 1.47. The van der Waals surface area contributed by atoms with Crippen LogP contribution in [0, 0.1) is 12.3 Å². The number of hydrogen-bond acceptors (Lipinski definition) is 6. The van der Waals surface area contributed by atoms with Gasteiger partial charge >= 0.3 is 6.18 Å². The highest BCUT2D eigenvalue weighted by atomic mass is 19.4. The number of amides is 2. The van der Waals surface area contributed by atoms with Gasteiger partial charge < -0.3 is 25.0 Å². The number of piperazine rings is 1. The number of carbonyl (C=O) groups is 2. The molecular weight excluding hydrogens is 523 g/mol. The van der Waals surface area contributed by atoms with Crippen LogP contribution in [0.1, 0.15) is 52.8 Å². The van der Waals surface area contributed by atoms with Crippen molar-refractivity contribution in [3.8, 4) is 11.3 Å². The molecule has 1 fully saturated rings. The standard InChI is InChI=1S/C29H34F3N5O3/c1-18-6-7-21(15-23(18)24-16-25(40-35-24)27(39)33-17-28(2,3)4)34-26(38)19-12-20(29(30,31)32)14-22(13-19)37-10-8-36(5)9-11-37/h6-7,12-16H,8-11,17H2,1-5H3,(H,33,39)(H,34,38). The second-order valence-corrected chi connectivity index (χ2v) is 11.4. The molecule has 2 heterocycles. The third kappa shape index (κ3) is 7.20. The molecule has 1 aliphatic heterocycles. The van der Waals surface area contributed by atoms with Gasteiger partial charge in [-0.1, -0.05) is 32.0 Å². The molecule has 0 saturated carbocycles. The first kappa shape index (κ1) is 29.1. The van der Waals surface area contributed by atoms with Crippen molar-refractivity contribution in [2.24, 2.45) is 5.41 Å². The molecule has 3 aromatic rings. The van der Waals surface area contributed by atoms with Gasteiger partial charge in [0.15, 0.2) is 0 Å². The molecule has 2 amide bonds. The number of carbonyl (C=O) groups excluding carboxylic acids is 2. The Balaban J connectivity index is 1.56. The van der Waals surface area contributed by atoms with E-state index in [1.165, 1.54) is 12.1 Å². The van der Waals surface area contributed by atoms with E-state index in [1.54, 1.807) is 18.2 Å².